The van der Waals surface area contributed by atoms with Gasteiger partial charge in [0.2, 0.25) is 0 Å². The third-order valence-electron chi connectivity index (χ3n) is 11.3. The highest BCUT2D eigenvalue weighted by molar-refractivity contribution is 6.09. The van der Waals surface area contributed by atoms with Crippen molar-refractivity contribution in [1.82, 2.24) is 0 Å². The van der Waals surface area contributed by atoms with Crippen LogP contribution >= 0.6 is 0 Å². The second-order valence-electron chi connectivity index (χ2n) is 14.1. The van der Waals surface area contributed by atoms with Crippen LogP contribution in [-0.4, -0.2) is 0 Å². The van der Waals surface area contributed by atoms with Gasteiger partial charge in [0.05, 0.1) is 5.41 Å². The first-order valence-electron chi connectivity index (χ1n) is 18.3. The Morgan fingerprint density at radius 1 is 0.340 bits per heavy atom. The van der Waals surface area contributed by atoms with Crippen LogP contribution in [0.25, 0.3) is 54.6 Å². The highest BCUT2D eigenvalue weighted by atomic mass is 16.3. The Morgan fingerprint density at radius 3 is 1.68 bits per heavy atom. The summed E-state index contributed by atoms with van der Waals surface area (Å²) in [5, 5.41) is 7.20. The molecule has 0 N–H and O–H groups in total. The second kappa shape index (κ2) is 11.6. The van der Waals surface area contributed by atoms with E-state index in [1.54, 1.807) is 0 Å². The first-order valence-corrected chi connectivity index (χ1v) is 18.3. The number of hydrogen-bond acceptors (Lipinski definition) is 2. The number of anilines is 3. The molecule has 0 amide bonds. The van der Waals surface area contributed by atoms with Gasteiger partial charge in [0.25, 0.3) is 0 Å². The molecule has 1 aromatic heterocycles. The molecule has 0 radical (unpaired) electrons. The number of rotatable bonds is 5. The Hall–Kier alpha value is -6.90. The Balaban J connectivity index is 1.13. The van der Waals surface area contributed by atoms with E-state index in [1.165, 1.54) is 54.9 Å². The lowest BCUT2D eigenvalue weighted by molar-refractivity contribution is 0.669. The molecule has 0 spiro atoms. The average molecular weight is 676 g/mol. The standard InChI is InChI=1S/C51H33NO/c1-2-13-36(14-3-1)51(47-19-9-6-16-43(47)44-17-7-10-20-48(44)51)37-24-26-38(27-25-37)52(40-29-31-50-46(33-40)45-18-8-11-21-49(45)53-50)39-28-30-42-35(32-39)23-22-34-12-4-5-15-41(34)42/h1-33H. The van der Waals surface area contributed by atoms with Gasteiger partial charge in [0.1, 0.15) is 11.2 Å². The highest BCUT2D eigenvalue weighted by Crippen LogP contribution is 2.56. The van der Waals surface area contributed by atoms with E-state index in [2.05, 4.69) is 193 Å². The molecular weight excluding hydrogens is 643 g/mol. The highest BCUT2D eigenvalue weighted by Gasteiger charge is 2.45. The van der Waals surface area contributed by atoms with Crippen molar-refractivity contribution in [3.63, 3.8) is 0 Å². The fourth-order valence-electron chi connectivity index (χ4n) is 9.01. The van der Waals surface area contributed by atoms with E-state index in [-0.39, 0.29) is 0 Å². The van der Waals surface area contributed by atoms with Gasteiger partial charge in [-0.25, -0.2) is 0 Å². The van der Waals surface area contributed by atoms with Gasteiger partial charge in [-0.1, -0.05) is 152 Å². The van der Waals surface area contributed by atoms with Crippen LogP contribution in [0, 0.1) is 0 Å². The molecule has 0 saturated carbocycles. The first kappa shape index (κ1) is 29.8. The molecule has 10 aromatic rings. The molecule has 0 atom stereocenters. The summed E-state index contributed by atoms with van der Waals surface area (Å²) >= 11 is 0. The molecule has 11 rings (SSSR count). The van der Waals surface area contributed by atoms with Gasteiger partial charge in [-0.3, -0.25) is 0 Å². The number of hydrogen-bond donors (Lipinski definition) is 0. The quantitative estimate of drug-likeness (QED) is 0.169. The summed E-state index contributed by atoms with van der Waals surface area (Å²) in [7, 11) is 0. The minimum absolute atomic E-state index is 0.448. The Morgan fingerprint density at radius 2 is 0.887 bits per heavy atom. The molecule has 53 heavy (non-hydrogen) atoms. The zero-order valence-electron chi connectivity index (χ0n) is 28.9. The van der Waals surface area contributed by atoms with Crippen molar-refractivity contribution in [2.75, 3.05) is 4.90 Å². The van der Waals surface area contributed by atoms with E-state index < -0.39 is 5.41 Å². The monoisotopic (exact) mass is 675 g/mol. The molecule has 0 fully saturated rings. The molecule has 2 nitrogen and oxygen atoms in total. The Kier molecular flexibility index (Phi) is 6.50. The summed E-state index contributed by atoms with van der Waals surface area (Å²) in [6.07, 6.45) is 0. The lowest BCUT2D eigenvalue weighted by atomic mass is 9.68. The average Bonchev–Trinajstić information content (AvgIpc) is 3.75. The number of benzene rings is 9. The maximum Gasteiger partial charge on any atom is 0.135 e. The summed E-state index contributed by atoms with van der Waals surface area (Å²) in [6.45, 7) is 0. The summed E-state index contributed by atoms with van der Waals surface area (Å²) in [6, 6.07) is 72.9. The summed E-state index contributed by atoms with van der Waals surface area (Å²) in [5.41, 5.74) is 12.3. The molecule has 1 heterocycles. The molecular formula is C51H33NO. The molecule has 0 unspecified atom stereocenters. The van der Waals surface area contributed by atoms with Crippen molar-refractivity contribution in [2.45, 2.75) is 5.41 Å². The summed E-state index contributed by atoms with van der Waals surface area (Å²) < 4.78 is 6.26. The number of furan rings is 1. The zero-order valence-corrected chi connectivity index (χ0v) is 28.9. The lowest BCUT2D eigenvalue weighted by Gasteiger charge is -2.34. The van der Waals surface area contributed by atoms with Crippen molar-refractivity contribution >= 4 is 60.5 Å². The van der Waals surface area contributed by atoms with Gasteiger partial charge >= 0.3 is 0 Å². The van der Waals surface area contributed by atoms with Gasteiger partial charge in [-0.05, 0) is 103 Å². The van der Waals surface area contributed by atoms with Crippen LogP contribution in [0.3, 0.4) is 0 Å². The second-order valence-corrected chi connectivity index (χ2v) is 14.1. The van der Waals surface area contributed by atoms with Gasteiger partial charge in [-0.15, -0.1) is 0 Å². The van der Waals surface area contributed by atoms with E-state index in [0.29, 0.717) is 0 Å². The number of para-hydroxylation sites is 1. The van der Waals surface area contributed by atoms with Gasteiger partial charge < -0.3 is 9.32 Å². The Bertz CT molecular complexity index is 2960. The van der Waals surface area contributed by atoms with Crippen molar-refractivity contribution in [3.05, 3.63) is 222 Å². The maximum atomic E-state index is 6.26. The van der Waals surface area contributed by atoms with Crippen LogP contribution in [0.2, 0.25) is 0 Å². The van der Waals surface area contributed by atoms with Crippen LogP contribution in [0.4, 0.5) is 17.1 Å². The molecule has 0 aliphatic heterocycles. The lowest BCUT2D eigenvalue weighted by Crippen LogP contribution is -2.28. The smallest absolute Gasteiger partial charge is 0.135 e. The Labute approximate surface area is 307 Å². The van der Waals surface area contributed by atoms with Crippen LogP contribution in [0.1, 0.15) is 22.3 Å². The predicted molar refractivity (Wildman–Crippen MR) is 221 cm³/mol. The van der Waals surface area contributed by atoms with Crippen LogP contribution < -0.4 is 4.90 Å². The first-order chi connectivity index (χ1) is 26.3. The van der Waals surface area contributed by atoms with Crippen molar-refractivity contribution < 1.29 is 4.42 Å². The van der Waals surface area contributed by atoms with Crippen LogP contribution in [0.15, 0.2) is 205 Å². The fourth-order valence-corrected chi connectivity index (χ4v) is 9.01. The largest absolute Gasteiger partial charge is 0.456 e. The molecule has 0 bridgehead atoms. The minimum atomic E-state index is -0.448. The summed E-state index contributed by atoms with van der Waals surface area (Å²) in [4.78, 5) is 2.38. The molecule has 0 saturated heterocycles. The van der Waals surface area contributed by atoms with E-state index >= 15 is 0 Å². The number of fused-ring (bicyclic) bond motifs is 9. The van der Waals surface area contributed by atoms with Gasteiger partial charge in [-0.2, -0.15) is 0 Å². The number of nitrogens with zero attached hydrogens (tertiary/aromatic N) is 1. The summed E-state index contributed by atoms with van der Waals surface area (Å²) in [5.74, 6) is 0. The fraction of sp³-hybridized carbons (Fsp3) is 0.0196. The van der Waals surface area contributed by atoms with E-state index in [0.717, 1.165) is 39.0 Å². The van der Waals surface area contributed by atoms with E-state index in [1.807, 2.05) is 12.1 Å². The molecule has 1 aliphatic carbocycles. The zero-order chi connectivity index (χ0) is 34.9. The SMILES string of the molecule is c1ccc(C2(c3ccc(N(c4ccc5c(ccc6ccccc65)c4)c4ccc5oc6ccccc6c5c4)cc3)c3ccccc3-c3ccccc32)cc1. The maximum absolute atomic E-state index is 6.26. The third kappa shape index (κ3) is 4.39. The topological polar surface area (TPSA) is 16.4 Å². The van der Waals surface area contributed by atoms with Gasteiger partial charge in [0.15, 0.2) is 0 Å². The van der Waals surface area contributed by atoms with Crippen LogP contribution in [0.5, 0.6) is 0 Å². The molecule has 9 aromatic carbocycles. The predicted octanol–water partition coefficient (Wildman–Crippen LogP) is 13.7. The van der Waals surface area contributed by atoms with Crippen LogP contribution in [-0.2, 0) is 5.41 Å². The molecule has 2 heteroatoms. The molecule has 248 valence electrons. The van der Waals surface area contributed by atoms with Crippen molar-refractivity contribution in [2.24, 2.45) is 0 Å². The van der Waals surface area contributed by atoms with E-state index in [9.17, 15) is 0 Å². The minimum Gasteiger partial charge on any atom is -0.456 e. The molecule has 1 aliphatic rings. The van der Waals surface area contributed by atoms with Gasteiger partial charge in [0, 0.05) is 27.8 Å². The normalized spacial score (nSPS) is 13.1. The van der Waals surface area contributed by atoms with Crippen molar-refractivity contribution in [1.29, 1.82) is 0 Å². The third-order valence-corrected chi connectivity index (χ3v) is 11.3. The van der Waals surface area contributed by atoms with E-state index in [4.69, 9.17) is 4.42 Å². The van der Waals surface area contributed by atoms with Crippen molar-refractivity contribution in [3.8, 4) is 11.1 Å².